The van der Waals surface area contributed by atoms with Gasteiger partial charge in [0.15, 0.2) is 0 Å². The summed E-state index contributed by atoms with van der Waals surface area (Å²) in [6.07, 6.45) is 0.758. The molecule has 0 radical (unpaired) electrons. The molecule has 0 saturated heterocycles. The fourth-order valence-electron chi connectivity index (χ4n) is 3.15. The largest absolute Gasteiger partial charge is 0.497 e. The van der Waals surface area contributed by atoms with Crippen LogP contribution in [0.4, 0.5) is 4.39 Å². The lowest BCUT2D eigenvalue weighted by Crippen LogP contribution is -2.48. The minimum absolute atomic E-state index is 0.108. The second-order valence-corrected chi connectivity index (χ2v) is 8.92. The van der Waals surface area contributed by atoms with E-state index in [1.54, 1.807) is 7.11 Å². The molecule has 2 N–H and O–H groups in total. The van der Waals surface area contributed by atoms with Crippen LogP contribution in [-0.2, 0) is 27.7 Å². The number of amides is 1. The predicted molar refractivity (Wildman–Crippen MR) is 120 cm³/mol. The highest BCUT2D eigenvalue weighted by Crippen LogP contribution is 2.13. The monoisotopic (exact) mass is 456 g/mol. The molecule has 0 aromatic heterocycles. The molecule has 0 fully saturated rings. The molecule has 168 valence electrons. The van der Waals surface area contributed by atoms with E-state index in [9.17, 15) is 17.6 Å². The van der Waals surface area contributed by atoms with Gasteiger partial charge in [-0.25, -0.2) is 12.8 Å². The summed E-state index contributed by atoms with van der Waals surface area (Å²) >= 11 is 0. The molecule has 0 bridgehead atoms. The maximum Gasteiger partial charge on any atom is 0.241 e. The molecule has 6 nitrogen and oxygen atoms in total. The summed E-state index contributed by atoms with van der Waals surface area (Å²) in [4.78, 5) is 12.8. The molecule has 32 heavy (non-hydrogen) atoms. The van der Waals surface area contributed by atoms with Gasteiger partial charge in [-0.2, -0.15) is 4.72 Å². The summed E-state index contributed by atoms with van der Waals surface area (Å²) in [5.41, 5.74) is 1.82. The number of carbonyl (C=O) groups excluding carboxylic acids is 1. The van der Waals surface area contributed by atoms with Gasteiger partial charge in [-0.05, 0) is 60.4 Å². The Morgan fingerprint density at radius 2 is 1.59 bits per heavy atom. The third-order valence-corrected chi connectivity index (χ3v) is 6.38. The van der Waals surface area contributed by atoms with E-state index >= 15 is 0 Å². The van der Waals surface area contributed by atoms with E-state index < -0.39 is 27.8 Å². The Morgan fingerprint density at radius 1 is 0.938 bits per heavy atom. The normalized spacial score (nSPS) is 12.2. The lowest BCUT2D eigenvalue weighted by molar-refractivity contribution is -0.122. The van der Waals surface area contributed by atoms with Gasteiger partial charge < -0.3 is 10.1 Å². The topological polar surface area (TPSA) is 84.5 Å². The van der Waals surface area contributed by atoms with Crippen molar-refractivity contribution < 1.29 is 22.3 Å². The van der Waals surface area contributed by atoms with Crippen molar-refractivity contribution in [2.45, 2.75) is 23.8 Å². The number of benzene rings is 3. The van der Waals surface area contributed by atoms with Crippen LogP contribution in [0.25, 0.3) is 0 Å². The number of sulfonamides is 1. The SMILES string of the molecule is COc1ccc(CCNC(=O)[C@@H](Cc2ccccc2)NS(=O)(=O)c2ccc(F)cc2)cc1. The number of rotatable bonds is 10. The minimum Gasteiger partial charge on any atom is -0.497 e. The number of hydrogen-bond donors (Lipinski definition) is 2. The van der Waals surface area contributed by atoms with E-state index in [0.29, 0.717) is 13.0 Å². The maximum atomic E-state index is 13.2. The molecule has 8 heteroatoms. The highest BCUT2D eigenvalue weighted by atomic mass is 32.2. The number of ether oxygens (including phenoxy) is 1. The molecule has 3 rings (SSSR count). The first-order chi connectivity index (χ1) is 15.4. The summed E-state index contributed by atoms with van der Waals surface area (Å²) in [6.45, 7) is 0.342. The van der Waals surface area contributed by atoms with Crippen molar-refractivity contribution in [2.75, 3.05) is 13.7 Å². The van der Waals surface area contributed by atoms with Crippen molar-refractivity contribution in [3.05, 3.63) is 95.8 Å². The van der Waals surface area contributed by atoms with Crippen LogP contribution in [-0.4, -0.2) is 34.0 Å². The van der Waals surface area contributed by atoms with E-state index in [0.717, 1.165) is 29.0 Å². The second-order valence-electron chi connectivity index (χ2n) is 7.21. The zero-order valence-electron chi connectivity index (χ0n) is 17.6. The van der Waals surface area contributed by atoms with Crippen LogP contribution in [0.1, 0.15) is 11.1 Å². The number of nitrogens with one attached hydrogen (secondary N) is 2. The Kier molecular flexibility index (Phi) is 7.97. The molecule has 0 spiro atoms. The summed E-state index contributed by atoms with van der Waals surface area (Å²) in [5.74, 6) is -0.231. The molecule has 0 saturated carbocycles. The molecule has 3 aromatic rings. The molecule has 1 atom stereocenters. The third-order valence-electron chi connectivity index (χ3n) is 4.89. The average molecular weight is 457 g/mol. The molecular formula is C24H25FN2O4S. The van der Waals surface area contributed by atoms with Gasteiger partial charge in [-0.15, -0.1) is 0 Å². The highest BCUT2D eigenvalue weighted by molar-refractivity contribution is 7.89. The van der Waals surface area contributed by atoms with Crippen LogP contribution in [0.15, 0.2) is 83.8 Å². The fraction of sp³-hybridized carbons (Fsp3) is 0.208. The standard InChI is InChI=1S/C24H25FN2O4S/c1-31-21-11-7-18(8-12-21)15-16-26-24(28)23(17-19-5-3-2-4-6-19)27-32(29,30)22-13-9-20(25)10-14-22/h2-14,23,27H,15-17H2,1H3,(H,26,28)/t23-/m1/s1. The van der Waals surface area contributed by atoms with Gasteiger partial charge in [-0.3, -0.25) is 4.79 Å². The molecule has 0 heterocycles. The molecule has 0 aliphatic rings. The summed E-state index contributed by atoms with van der Waals surface area (Å²) in [7, 11) is -2.43. The highest BCUT2D eigenvalue weighted by Gasteiger charge is 2.26. The first kappa shape index (κ1) is 23.4. The van der Waals surface area contributed by atoms with Crippen molar-refractivity contribution in [3.63, 3.8) is 0 Å². The van der Waals surface area contributed by atoms with Crippen molar-refractivity contribution in [2.24, 2.45) is 0 Å². The smallest absolute Gasteiger partial charge is 0.241 e. The number of methoxy groups -OCH3 is 1. The first-order valence-corrected chi connectivity index (χ1v) is 11.6. The quantitative estimate of drug-likeness (QED) is 0.491. The van der Waals surface area contributed by atoms with Crippen LogP contribution in [0.2, 0.25) is 0 Å². The molecule has 0 aliphatic heterocycles. The second kappa shape index (κ2) is 10.9. The zero-order valence-corrected chi connectivity index (χ0v) is 18.4. The van der Waals surface area contributed by atoms with Crippen molar-refractivity contribution >= 4 is 15.9 Å². The third kappa shape index (κ3) is 6.63. The van der Waals surface area contributed by atoms with E-state index in [-0.39, 0.29) is 11.3 Å². The maximum absolute atomic E-state index is 13.2. The Bertz CT molecular complexity index is 1120. The Labute approximate surface area is 187 Å². The van der Waals surface area contributed by atoms with E-state index in [1.807, 2.05) is 54.6 Å². The van der Waals surface area contributed by atoms with Crippen LogP contribution in [0.5, 0.6) is 5.75 Å². The van der Waals surface area contributed by atoms with Crippen molar-refractivity contribution in [3.8, 4) is 5.75 Å². The lowest BCUT2D eigenvalue weighted by atomic mass is 10.1. The average Bonchev–Trinajstić information content (AvgIpc) is 2.80. The van der Waals surface area contributed by atoms with E-state index in [1.165, 1.54) is 12.1 Å². The van der Waals surface area contributed by atoms with Gasteiger partial charge in [0.1, 0.15) is 17.6 Å². The summed E-state index contributed by atoms with van der Waals surface area (Å²) < 4.78 is 46.3. The Balaban J connectivity index is 1.69. The fourth-order valence-corrected chi connectivity index (χ4v) is 4.35. The van der Waals surface area contributed by atoms with Gasteiger partial charge in [0, 0.05) is 6.54 Å². The van der Waals surface area contributed by atoms with Crippen LogP contribution >= 0.6 is 0 Å². The van der Waals surface area contributed by atoms with E-state index in [4.69, 9.17) is 4.74 Å². The molecule has 3 aromatic carbocycles. The number of halogens is 1. The predicted octanol–water partition coefficient (Wildman–Crippen LogP) is 3.08. The first-order valence-electron chi connectivity index (χ1n) is 10.1. The Hall–Kier alpha value is -3.23. The molecule has 1 amide bonds. The molecule has 0 unspecified atom stereocenters. The summed E-state index contributed by atoms with van der Waals surface area (Å²) in [5, 5.41) is 2.81. The van der Waals surface area contributed by atoms with Crippen LogP contribution in [0.3, 0.4) is 0 Å². The molecular weight excluding hydrogens is 431 g/mol. The molecule has 0 aliphatic carbocycles. The van der Waals surface area contributed by atoms with Gasteiger partial charge >= 0.3 is 0 Å². The van der Waals surface area contributed by atoms with Crippen LogP contribution in [0, 0.1) is 5.82 Å². The minimum atomic E-state index is -4.02. The van der Waals surface area contributed by atoms with Crippen molar-refractivity contribution in [1.82, 2.24) is 10.0 Å². The van der Waals surface area contributed by atoms with Gasteiger partial charge in [0.25, 0.3) is 0 Å². The number of hydrogen-bond acceptors (Lipinski definition) is 4. The van der Waals surface area contributed by atoms with Gasteiger partial charge in [0.2, 0.25) is 15.9 Å². The lowest BCUT2D eigenvalue weighted by Gasteiger charge is -2.19. The van der Waals surface area contributed by atoms with Gasteiger partial charge in [0.05, 0.1) is 12.0 Å². The zero-order chi connectivity index (χ0) is 23.0. The van der Waals surface area contributed by atoms with Gasteiger partial charge in [-0.1, -0.05) is 42.5 Å². The van der Waals surface area contributed by atoms with Crippen LogP contribution < -0.4 is 14.8 Å². The number of carbonyl (C=O) groups is 1. The van der Waals surface area contributed by atoms with E-state index in [2.05, 4.69) is 10.0 Å². The Morgan fingerprint density at radius 3 is 2.22 bits per heavy atom. The van der Waals surface area contributed by atoms with Crippen molar-refractivity contribution in [1.29, 1.82) is 0 Å². The summed E-state index contributed by atoms with van der Waals surface area (Å²) in [6, 6.07) is 20.1.